The lowest BCUT2D eigenvalue weighted by Crippen LogP contribution is -2.26. The van der Waals surface area contributed by atoms with E-state index in [9.17, 15) is 4.21 Å². The highest BCUT2D eigenvalue weighted by Gasteiger charge is 2.04. The van der Waals surface area contributed by atoms with Gasteiger partial charge in [0.1, 0.15) is 11.5 Å². The first-order chi connectivity index (χ1) is 14.2. The zero-order valence-corrected chi connectivity index (χ0v) is 19.6. The summed E-state index contributed by atoms with van der Waals surface area (Å²) in [6.45, 7) is 10.2. The van der Waals surface area contributed by atoms with Gasteiger partial charge in [0.15, 0.2) is 6.73 Å². The van der Waals surface area contributed by atoms with E-state index in [1.165, 1.54) is 11.1 Å². The molecule has 0 heterocycles. The van der Waals surface area contributed by atoms with Crippen LogP contribution in [-0.4, -0.2) is 10.9 Å². The standard InChI is InChI=1S/C16H19NO3S.C8H9Cl/c1-12-4-7-15(8-5-12)20-21(18)17-11-19-16-9-6-13(2)10-14(16)3;1-6-3-4-8(9)7(2)5-6/h4-10,17H,11H2,1-3H3;3-5H,1-2H3. The fourth-order valence-electron chi connectivity index (χ4n) is 2.62. The molecule has 3 rings (SSSR count). The molecule has 4 nitrogen and oxygen atoms in total. The monoisotopic (exact) mass is 445 g/mol. The van der Waals surface area contributed by atoms with Crippen molar-refractivity contribution in [2.75, 3.05) is 6.73 Å². The second-order valence-corrected chi connectivity index (χ2v) is 8.42. The van der Waals surface area contributed by atoms with Gasteiger partial charge in [0.2, 0.25) is 0 Å². The number of benzene rings is 3. The van der Waals surface area contributed by atoms with Crippen LogP contribution in [0.15, 0.2) is 60.7 Å². The zero-order chi connectivity index (χ0) is 22.1. The predicted molar refractivity (Wildman–Crippen MR) is 125 cm³/mol. The van der Waals surface area contributed by atoms with Gasteiger partial charge in [0, 0.05) is 5.02 Å². The Bertz CT molecular complexity index is 990. The number of halogens is 1. The Morgan fingerprint density at radius 3 is 1.93 bits per heavy atom. The van der Waals surface area contributed by atoms with Crippen LogP contribution in [0.3, 0.4) is 0 Å². The van der Waals surface area contributed by atoms with Crippen LogP contribution in [0.1, 0.15) is 27.8 Å². The molecule has 0 aliphatic heterocycles. The normalized spacial score (nSPS) is 11.3. The van der Waals surface area contributed by atoms with E-state index in [0.29, 0.717) is 5.75 Å². The van der Waals surface area contributed by atoms with Crippen molar-refractivity contribution in [3.8, 4) is 11.5 Å². The first-order valence-electron chi connectivity index (χ1n) is 9.57. The van der Waals surface area contributed by atoms with Crippen LogP contribution >= 0.6 is 11.6 Å². The van der Waals surface area contributed by atoms with E-state index in [-0.39, 0.29) is 6.73 Å². The Kier molecular flexibility index (Phi) is 9.37. The summed E-state index contributed by atoms with van der Waals surface area (Å²) < 4.78 is 25.2. The maximum absolute atomic E-state index is 11.7. The minimum Gasteiger partial charge on any atom is -0.477 e. The molecule has 0 aromatic heterocycles. The Morgan fingerprint density at radius 2 is 1.37 bits per heavy atom. The highest BCUT2D eigenvalue weighted by atomic mass is 35.5. The fourth-order valence-corrected chi connectivity index (χ4v) is 3.24. The zero-order valence-electron chi connectivity index (χ0n) is 18.0. The van der Waals surface area contributed by atoms with Crippen LogP contribution in [0.5, 0.6) is 11.5 Å². The average Bonchev–Trinajstić information content (AvgIpc) is 2.69. The maximum atomic E-state index is 11.7. The number of nitrogens with one attached hydrogen (secondary N) is 1. The topological polar surface area (TPSA) is 47.6 Å². The second kappa shape index (κ2) is 11.7. The minimum absolute atomic E-state index is 0.113. The number of rotatable bonds is 6. The maximum Gasteiger partial charge on any atom is 0.290 e. The first kappa shape index (κ1) is 23.9. The van der Waals surface area contributed by atoms with Crippen molar-refractivity contribution in [1.82, 2.24) is 4.72 Å². The number of ether oxygens (including phenoxy) is 1. The number of hydrogen-bond acceptors (Lipinski definition) is 3. The Labute approximate surface area is 187 Å². The van der Waals surface area contributed by atoms with Crippen molar-refractivity contribution in [3.63, 3.8) is 0 Å². The molecule has 1 N–H and O–H groups in total. The summed E-state index contributed by atoms with van der Waals surface area (Å²) in [5, 5.41) is 0.848. The van der Waals surface area contributed by atoms with E-state index in [1.54, 1.807) is 12.1 Å². The van der Waals surface area contributed by atoms with Gasteiger partial charge in [-0.05, 0) is 70.0 Å². The SMILES string of the molecule is Cc1ccc(Cl)c(C)c1.Cc1ccc(OS(=O)NCOc2ccc(C)cc2C)cc1. The van der Waals surface area contributed by atoms with Crippen molar-refractivity contribution in [2.45, 2.75) is 34.6 Å². The van der Waals surface area contributed by atoms with Gasteiger partial charge in [0.05, 0.1) is 0 Å². The average molecular weight is 446 g/mol. The fraction of sp³-hybridized carbons (Fsp3) is 0.250. The highest BCUT2D eigenvalue weighted by molar-refractivity contribution is 7.78. The molecular weight excluding hydrogens is 418 g/mol. The summed E-state index contributed by atoms with van der Waals surface area (Å²) in [6, 6.07) is 19.3. The third-order valence-corrected chi connectivity index (χ3v) is 5.36. The largest absolute Gasteiger partial charge is 0.477 e. The Hall–Kier alpha value is -2.34. The molecule has 160 valence electrons. The van der Waals surface area contributed by atoms with Crippen molar-refractivity contribution in [3.05, 3.63) is 93.5 Å². The summed E-state index contributed by atoms with van der Waals surface area (Å²) in [7, 11) is 0. The van der Waals surface area contributed by atoms with E-state index in [1.807, 2.05) is 70.2 Å². The molecule has 3 aromatic rings. The van der Waals surface area contributed by atoms with E-state index >= 15 is 0 Å². The van der Waals surface area contributed by atoms with Gasteiger partial charge in [-0.15, -0.1) is 0 Å². The van der Waals surface area contributed by atoms with Crippen molar-refractivity contribution < 1.29 is 13.1 Å². The van der Waals surface area contributed by atoms with Crippen LogP contribution in [-0.2, 0) is 11.3 Å². The summed E-state index contributed by atoms with van der Waals surface area (Å²) in [4.78, 5) is 0. The lowest BCUT2D eigenvalue weighted by atomic mass is 10.1. The molecule has 0 aliphatic carbocycles. The van der Waals surface area contributed by atoms with Gasteiger partial charge in [-0.2, -0.15) is 8.93 Å². The van der Waals surface area contributed by atoms with E-state index in [4.69, 9.17) is 20.5 Å². The van der Waals surface area contributed by atoms with Gasteiger partial charge in [-0.25, -0.2) is 0 Å². The van der Waals surface area contributed by atoms with Crippen LogP contribution in [0.2, 0.25) is 5.02 Å². The van der Waals surface area contributed by atoms with Crippen molar-refractivity contribution >= 4 is 22.9 Å². The van der Waals surface area contributed by atoms with E-state index in [0.717, 1.165) is 27.5 Å². The highest BCUT2D eigenvalue weighted by Crippen LogP contribution is 2.18. The lowest BCUT2D eigenvalue weighted by Gasteiger charge is -2.10. The van der Waals surface area contributed by atoms with Gasteiger partial charge < -0.3 is 8.92 Å². The van der Waals surface area contributed by atoms with Crippen molar-refractivity contribution in [1.29, 1.82) is 0 Å². The second-order valence-electron chi connectivity index (χ2n) is 7.09. The van der Waals surface area contributed by atoms with Crippen molar-refractivity contribution in [2.24, 2.45) is 0 Å². The quantitative estimate of drug-likeness (QED) is 0.462. The lowest BCUT2D eigenvalue weighted by molar-refractivity contribution is 0.308. The molecule has 6 heteroatoms. The molecule has 0 amide bonds. The molecule has 0 radical (unpaired) electrons. The molecule has 0 bridgehead atoms. The van der Waals surface area contributed by atoms with Gasteiger partial charge >= 0.3 is 0 Å². The van der Waals surface area contributed by atoms with E-state index < -0.39 is 11.3 Å². The summed E-state index contributed by atoms with van der Waals surface area (Å²) in [5.74, 6) is 1.32. The summed E-state index contributed by atoms with van der Waals surface area (Å²) in [5.41, 5.74) is 5.76. The molecule has 0 fully saturated rings. The van der Waals surface area contributed by atoms with Crippen LogP contribution in [0, 0.1) is 34.6 Å². The Morgan fingerprint density at radius 1 is 0.800 bits per heavy atom. The smallest absolute Gasteiger partial charge is 0.290 e. The molecule has 3 aromatic carbocycles. The number of aryl methyl sites for hydroxylation is 5. The predicted octanol–water partition coefficient (Wildman–Crippen LogP) is 6.15. The summed E-state index contributed by atoms with van der Waals surface area (Å²) in [6.07, 6.45) is 0. The molecule has 0 aliphatic rings. The van der Waals surface area contributed by atoms with Crippen LogP contribution in [0.4, 0.5) is 0 Å². The summed E-state index contributed by atoms with van der Waals surface area (Å²) >= 11 is 4.14. The molecule has 1 atom stereocenters. The third kappa shape index (κ3) is 8.19. The van der Waals surface area contributed by atoms with Gasteiger partial charge in [-0.3, -0.25) is 0 Å². The molecule has 1 unspecified atom stereocenters. The molecule has 0 spiro atoms. The van der Waals surface area contributed by atoms with Gasteiger partial charge in [-0.1, -0.05) is 64.7 Å². The Balaban J connectivity index is 0.000000297. The molecule has 0 saturated carbocycles. The van der Waals surface area contributed by atoms with Crippen LogP contribution in [0.25, 0.3) is 0 Å². The molecular formula is C24H28ClNO3S. The minimum atomic E-state index is -1.64. The van der Waals surface area contributed by atoms with Crippen LogP contribution < -0.4 is 13.6 Å². The molecule has 0 saturated heterocycles. The molecule has 30 heavy (non-hydrogen) atoms. The van der Waals surface area contributed by atoms with Gasteiger partial charge in [0.25, 0.3) is 11.3 Å². The number of hydrogen-bond donors (Lipinski definition) is 1. The van der Waals surface area contributed by atoms with E-state index in [2.05, 4.69) is 17.7 Å². The first-order valence-corrected chi connectivity index (χ1v) is 11.0. The third-order valence-electron chi connectivity index (χ3n) is 4.24.